The third-order valence-electron chi connectivity index (χ3n) is 2.13. The molecule has 0 bridgehead atoms. The number of nitrogens with zero attached hydrogens (tertiary/aromatic N) is 5. The Bertz CT molecular complexity index is 460. The van der Waals surface area contributed by atoms with E-state index in [9.17, 15) is 0 Å². The molecular formula is C9H7N5. The van der Waals surface area contributed by atoms with Crippen molar-refractivity contribution in [3.05, 3.63) is 30.2 Å². The monoisotopic (exact) mass is 185 g/mol. The maximum absolute atomic E-state index is 4.21. The molecule has 0 saturated carbocycles. The van der Waals surface area contributed by atoms with Gasteiger partial charge in [-0.3, -0.25) is 4.90 Å². The summed E-state index contributed by atoms with van der Waals surface area (Å²) in [4.78, 5) is 10.4. The number of hydrogen-bond acceptors (Lipinski definition) is 5. The average Bonchev–Trinajstić information content (AvgIpc) is 2.61. The Morgan fingerprint density at radius 3 is 3.36 bits per heavy atom. The van der Waals surface area contributed by atoms with Crippen LogP contribution >= 0.6 is 0 Å². The Balaban J connectivity index is 2.20. The van der Waals surface area contributed by atoms with Crippen LogP contribution in [0.5, 0.6) is 0 Å². The first-order chi connectivity index (χ1) is 6.95. The predicted molar refractivity (Wildman–Crippen MR) is 52.7 cm³/mol. The number of anilines is 1. The van der Waals surface area contributed by atoms with Crippen molar-refractivity contribution in [1.29, 1.82) is 0 Å². The van der Waals surface area contributed by atoms with Gasteiger partial charge in [0.1, 0.15) is 6.67 Å². The zero-order valence-corrected chi connectivity index (χ0v) is 7.33. The van der Waals surface area contributed by atoms with Crippen LogP contribution in [-0.2, 0) is 0 Å². The summed E-state index contributed by atoms with van der Waals surface area (Å²) in [5.74, 6) is 1.53. The largest absolute Gasteiger partial charge is 0.299 e. The molecule has 1 aromatic rings. The number of azo groups is 1. The first-order valence-electron chi connectivity index (χ1n) is 4.29. The van der Waals surface area contributed by atoms with Gasteiger partial charge in [-0.15, -0.1) is 5.11 Å². The minimum atomic E-state index is 0.549. The molecule has 5 nitrogen and oxygen atoms in total. The number of aliphatic imine (C=N–C) groups is 1. The van der Waals surface area contributed by atoms with Gasteiger partial charge in [0.15, 0.2) is 11.6 Å². The van der Waals surface area contributed by atoms with Gasteiger partial charge in [0, 0.05) is 18.5 Å². The fourth-order valence-electron chi connectivity index (χ4n) is 1.49. The first-order valence-corrected chi connectivity index (χ1v) is 4.29. The van der Waals surface area contributed by atoms with Crippen molar-refractivity contribution in [2.24, 2.45) is 15.2 Å². The molecule has 0 unspecified atom stereocenters. The van der Waals surface area contributed by atoms with Gasteiger partial charge in [0.05, 0.1) is 5.69 Å². The molecule has 0 radical (unpaired) electrons. The van der Waals surface area contributed by atoms with Crippen LogP contribution in [-0.4, -0.2) is 17.9 Å². The van der Waals surface area contributed by atoms with Crippen LogP contribution in [0.3, 0.4) is 0 Å². The van der Waals surface area contributed by atoms with Crippen LogP contribution in [0.2, 0.25) is 0 Å². The van der Waals surface area contributed by atoms with Crippen molar-refractivity contribution in [2.75, 3.05) is 11.6 Å². The highest BCUT2D eigenvalue weighted by molar-refractivity contribution is 5.82. The lowest BCUT2D eigenvalue weighted by Crippen LogP contribution is -2.16. The van der Waals surface area contributed by atoms with E-state index >= 15 is 0 Å². The van der Waals surface area contributed by atoms with E-state index in [0.29, 0.717) is 12.5 Å². The van der Waals surface area contributed by atoms with Crippen molar-refractivity contribution in [1.82, 2.24) is 4.98 Å². The zero-order chi connectivity index (χ0) is 9.38. The number of allylic oxidation sites excluding steroid dienone is 1. The van der Waals surface area contributed by atoms with Gasteiger partial charge in [0.25, 0.3) is 0 Å². The van der Waals surface area contributed by atoms with Gasteiger partial charge in [0.2, 0.25) is 0 Å². The summed E-state index contributed by atoms with van der Waals surface area (Å²) in [7, 11) is 0. The highest BCUT2D eigenvalue weighted by Crippen LogP contribution is 2.32. The van der Waals surface area contributed by atoms with Crippen molar-refractivity contribution in [2.45, 2.75) is 0 Å². The van der Waals surface area contributed by atoms with Gasteiger partial charge in [-0.25, -0.2) is 9.98 Å². The van der Waals surface area contributed by atoms with E-state index in [1.165, 1.54) is 0 Å². The summed E-state index contributed by atoms with van der Waals surface area (Å²) < 4.78 is 0. The molecule has 0 aliphatic carbocycles. The van der Waals surface area contributed by atoms with Gasteiger partial charge in [-0.1, -0.05) is 0 Å². The SMILES string of the molecule is C1=Nc2ncccc2N2CN=NC2=C1. The third kappa shape index (κ3) is 0.953. The fourth-order valence-corrected chi connectivity index (χ4v) is 1.49. The molecule has 0 aromatic carbocycles. The molecule has 3 rings (SSSR count). The topological polar surface area (TPSA) is 53.2 Å². The number of rotatable bonds is 0. The van der Waals surface area contributed by atoms with Crippen LogP contribution < -0.4 is 4.90 Å². The molecule has 0 N–H and O–H groups in total. The number of hydrogen-bond donors (Lipinski definition) is 0. The van der Waals surface area contributed by atoms with E-state index in [2.05, 4.69) is 20.2 Å². The number of aromatic nitrogens is 1. The van der Waals surface area contributed by atoms with Crippen molar-refractivity contribution in [3.8, 4) is 0 Å². The number of fused-ring (bicyclic) bond motifs is 3. The van der Waals surface area contributed by atoms with Crippen molar-refractivity contribution in [3.63, 3.8) is 0 Å². The van der Waals surface area contributed by atoms with Gasteiger partial charge in [-0.05, 0) is 12.1 Å². The van der Waals surface area contributed by atoms with Gasteiger partial charge < -0.3 is 0 Å². The molecule has 0 amide bonds. The molecule has 68 valence electrons. The fraction of sp³-hybridized carbons (Fsp3) is 0.111. The van der Waals surface area contributed by atoms with Gasteiger partial charge >= 0.3 is 0 Å². The minimum Gasteiger partial charge on any atom is -0.299 e. The van der Waals surface area contributed by atoms with E-state index in [1.807, 2.05) is 23.1 Å². The molecule has 2 aliphatic heterocycles. The Kier molecular flexibility index (Phi) is 1.44. The van der Waals surface area contributed by atoms with Crippen LogP contribution in [0.15, 0.2) is 45.4 Å². The lowest BCUT2D eigenvalue weighted by atomic mass is 10.3. The summed E-state index contributed by atoms with van der Waals surface area (Å²) in [5, 5.41) is 7.97. The molecule has 1 aromatic heterocycles. The van der Waals surface area contributed by atoms with E-state index in [4.69, 9.17) is 0 Å². The summed E-state index contributed by atoms with van der Waals surface area (Å²) >= 11 is 0. The Morgan fingerprint density at radius 1 is 1.36 bits per heavy atom. The third-order valence-corrected chi connectivity index (χ3v) is 2.13. The van der Waals surface area contributed by atoms with E-state index < -0.39 is 0 Å². The summed E-state index contributed by atoms with van der Waals surface area (Å²) in [6.07, 6.45) is 5.26. The molecular weight excluding hydrogens is 178 g/mol. The first kappa shape index (κ1) is 7.37. The zero-order valence-electron chi connectivity index (χ0n) is 7.33. The highest BCUT2D eigenvalue weighted by atomic mass is 15.4. The quantitative estimate of drug-likeness (QED) is 0.619. The standard InChI is InChI=1S/C9H7N5/c1-2-7-9(10-4-1)11-5-3-8-13-12-6-14(7)8/h1-5H,6H2. The molecule has 14 heavy (non-hydrogen) atoms. The predicted octanol–water partition coefficient (Wildman–Crippen LogP) is 1.87. The summed E-state index contributed by atoms with van der Waals surface area (Å²) in [6, 6.07) is 3.85. The highest BCUT2D eigenvalue weighted by Gasteiger charge is 2.20. The normalized spacial score (nSPS) is 17.4. The lowest BCUT2D eigenvalue weighted by Gasteiger charge is -2.15. The molecule has 5 heteroatoms. The van der Waals surface area contributed by atoms with Crippen LogP contribution in [0.25, 0.3) is 0 Å². The number of pyridine rings is 1. The molecule has 3 heterocycles. The molecule has 0 saturated heterocycles. The molecule has 0 spiro atoms. The Labute approximate surface area is 80.5 Å². The van der Waals surface area contributed by atoms with Crippen molar-refractivity contribution >= 4 is 17.7 Å². The Hall–Kier alpha value is -2.04. The minimum absolute atomic E-state index is 0.549. The smallest absolute Gasteiger partial charge is 0.176 e. The van der Waals surface area contributed by atoms with Crippen LogP contribution in [0, 0.1) is 0 Å². The second-order valence-electron chi connectivity index (χ2n) is 2.96. The van der Waals surface area contributed by atoms with Gasteiger partial charge in [-0.2, -0.15) is 5.11 Å². The maximum atomic E-state index is 4.21. The van der Waals surface area contributed by atoms with E-state index in [0.717, 1.165) is 11.5 Å². The van der Waals surface area contributed by atoms with Crippen LogP contribution in [0.1, 0.15) is 0 Å². The van der Waals surface area contributed by atoms with Crippen molar-refractivity contribution < 1.29 is 0 Å². The summed E-state index contributed by atoms with van der Waals surface area (Å²) in [6.45, 7) is 0.549. The van der Waals surface area contributed by atoms with E-state index in [-0.39, 0.29) is 0 Å². The molecule has 2 aliphatic rings. The summed E-state index contributed by atoms with van der Waals surface area (Å²) in [5.41, 5.74) is 0.956. The Morgan fingerprint density at radius 2 is 2.36 bits per heavy atom. The second kappa shape index (κ2) is 2.73. The second-order valence-corrected chi connectivity index (χ2v) is 2.96. The van der Waals surface area contributed by atoms with E-state index in [1.54, 1.807) is 12.4 Å². The lowest BCUT2D eigenvalue weighted by molar-refractivity contribution is 0.999. The molecule has 0 atom stereocenters. The average molecular weight is 185 g/mol. The van der Waals surface area contributed by atoms with Crippen LogP contribution in [0.4, 0.5) is 11.5 Å². The molecule has 0 fully saturated rings. The maximum Gasteiger partial charge on any atom is 0.176 e.